The third-order valence-corrected chi connectivity index (χ3v) is 4.43. The summed E-state index contributed by atoms with van der Waals surface area (Å²) >= 11 is 9.56. The molecule has 0 rings (SSSR count). The van der Waals surface area contributed by atoms with E-state index in [4.69, 9.17) is 0 Å². The summed E-state index contributed by atoms with van der Waals surface area (Å²) in [5.74, 6) is 1.42. The minimum Gasteiger partial charge on any atom is -0.748 e. The van der Waals surface area contributed by atoms with Gasteiger partial charge >= 0.3 is 29.6 Å². The van der Waals surface area contributed by atoms with E-state index in [9.17, 15) is 13.0 Å². The fourth-order valence-corrected chi connectivity index (χ4v) is 2.90. The summed E-state index contributed by atoms with van der Waals surface area (Å²) in [7, 11) is -4.04. The standard InChI is InChI=1S/C5H12O3S4.Na/c6-12(7,8)2-1-11-4-5(10)3-9;/h5,9-10H,1-4H2,(H,6,7,8);/q;+1/p-1. The van der Waals surface area contributed by atoms with E-state index in [2.05, 4.69) is 25.3 Å². The quantitative estimate of drug-likeness (QED) is 0.242. The van der Waals surface area contributed by atoms with Gasteiger partial charge in [-0.1, -0.05) is 0 Å². The van der Waals surface area contributed by atoms with Crippen molar-refractivity contribution in [2.45, 2.75) is 5.25 Å². The molecule has 1 unspecified atom stereocenters. The molecule has 0 aliphatic carbocycles. The predicted molar refractivity (Wildman–Crippen MR) is 58.5 cm³/mol. The third kappa shape index (κ3) is 14.0. The van der Waals surface area contributed by atoms with Gasteiger partial charge in [-0.2, -0.15) is 37.0 Å². The van der Waals surface area contributed by atoms with Gasteiger partial charge in [-0.25, -0.2) is 8.42 Å². The number of thioether (sulfide) groups is 1. The van der Waals surface area contributed by atoms with Gasteiger partial charge in [-0.15, -0.1) is 0 Å². The maximum absolute atomic E-state index is 10.1. The van der Waals surface area contributed by atoms with Gasteiger partial charge in [0.1, 0.15) is 0 Å². The monoisotopic (exact) mass is 270 g/mol. The Bertz CT molecular complexity index is 206. The Labute approximate surface area is 117 Å². The molecule has 0 aliphatic rings. The Kier molecular flexibility index (Phi) is 12.3. The fraction of sp³-hybridized carbons (Fsp3) is 1.00. The van der Waals surface area contributed by atoms with E-state index < -0.39 is 10.1 Å². The summed E-state index contributed by atoms with van der Waals surface area (Å²) in [5, 5.41) is 0.160. The third-order valence-electron chi connectivity index (χ3n) is 0.999. The van der Waals surface area contributed by atoms with Gasteiger partial charge in [-0.3, -0.25) is 0 Å². The zero-order valence-electron chi connectivity index (χ0n) is 7.34. The molecule has 0 aromatic heterocycles. The van der Waals surface area contributed by atoms with Gasteiger partial charge < -0.3 is 4.55 Å². The Morgan fingerprint density at radius 3 is 2.38 bits per heavy atom. The molecule has 3 nitrogen and oxygen atoms in total. The molecule has 0 bridgehead atoms. The van der Waals surface area contributed by atoms with Crippen LogP contribution in [0.1, 0.15) is 0 Å². The Morgan fingerprint density at radius 1 is 1.46 bits per heavy atom. The fourth-order valence-electron chi connectivity index (χ4n) is 0.433. The molecule has 0 N–H and O–H groups in total. The first-order valence-electron chi connectivity index (χ1n) is 3.26. The second-order valence-corrected chi connectivity index (χ2v) is 5.94. The number of thiol groups is 2. The predicted octanol–water partition coefficient (Wildman–Crippen LogP) is -2.50. The van der Waals surface area contributed by atoms with Crippen LogP contribution in [-0.4, -0.2) is 41.2 Å². The summed E-state index contributed by atoms with van der Waals surface area (Å²) in [5.41, 5.74) is 0. The van der Waals surface area contributed by atoms with Crippen LogP contribution in [0.3, 0.4) is 0 Å². The summed E-state index contributed by atoms with van der Waals surface area (Å²) in [4.78, 5) is 0. The Balaban J connectivity index is 0. The maximum Gasteiger partial charge on any atom is 1.00 e. The van der Waals surface area contributed by atoms with Crippen LogP contribution < -0.4 is 29.6 Å². The van der Waals surface area contributed by atoms with Crippen LogP contribution in [0.4, 0.5) is 0 Å². The molecule has 0 aromatic rings. The Hall–Kier alpha value is 1.96. The molecule has 0 aliphatic heterocycles. The summed E-state index contributed by atoms with van der Waals surface area (Å²) in [6, 6.07) is 0. The Morgan fingerprint density at radius 2 is 2.00 bits per heavy atom. The van der Waals surface area contributed by atoms with Crippen LogP contribution in [-0.2, 0) is 10.1 Å². The van der Waals surface area contributed by atoms with Gasteiger partial charge in [0.25, 0.3) is 0 Å². The van der Waals surface area contributed by atoms with Gasteiger partial charge in [0.15, 0.2) is 0 Å². The molecule has 1 atom stereocenters. The molecule has 8 heteroatoms. The van der Waals surface area contributed by atoms with Crippen molar-refractivity contribution in [3.05, 3.63) is 0 Å². The molecule has 0 saturated carbocycles. The van der Waals surface area contributed by atoms with Crippen LogP contribution in [0, 0.1) is 0 Å². The van der Waals surface area contributed by atoms with Crippen LogP contribution in [0.25, 0.3) is 0 Å². The van der Waals surface area contributed by atoms with E-state index in [-0.39, 0.29) is 40.6 Å². The smallest absolute Gasteiger partial charge is 0.748 e. The van der Waals surface area contributed by atoms with Gasteiger partial charge in [-0.05, 0) is 0 Å². The minimum absolute atomic E-state index is 0. The normalized spacial score (nSPS) is 13.5. The van der Waals surface area contributed by atoms with Crippen molar-refractivity contribution in [3.63, 3.8) is 0 Å². The van der Waals surface area contributed by atoms with E-state index in [0.29, 0.717) is 11.5 Å². The molecule has 0 radical (unpaired) electrons. The molecule has 0 fully saturated rings. The van der Waals surface area contributed by atoms with Crippen molar-refractivity contribution in [3.8, 4) is 0 Å². The zero-order chi connectivity index (χ0) is 9.61. The van der Waals surface area contributed by atoms with Gasteiger partial charge in [0.2, 0.25) is 0 Å². The number of hydrogen-bond acceptors (Lipinski definition) is 6. The van der Waals surface area contributed by atoms with Crippen LogP contribution in [0.15, 0.2) is 0 Å². The average Bonchev–Trinajstić information content (AvgIpc) is 1.96. The van der Waals surface area contributed by atoms with E-state index in [1.54, 1.807) is 0 Å². The molecule has 74 valence electrons. The molecule has 0 heterocycles. The topological polar surface area (TPSA) is 57.2 Å². The molecular formula is C5H11NaO3S4. The first-order valence-corrected chi connectivity index (χ1v) is 7.14. The van der Waals surface area contributed by atoms with E-state index in [1.165, 1.54) is 11.8 Å². The average molecular weight is 270 g/mol. The first kappa shape index (κ1) is 17.4. The molecule has 0 amide bonds. The van der Waals surface area contributed by atoms with E-state index >= 15 is 0 Å². The number of hydrogen-bond donors (Lipinski definition) is 2. The van der Waals surface area contributed by atoms with Crippen molar-refractivity contribution >= 4 is 47.1 Å². The van der Waals surface area contributed by atoms with Crippen molar-refractivity contribution in [2.24, 2.45) is 0 Å². The summed E-state index contributed by atoms with van der Waals surface area (Å²) in [6.07, 6.45) is 0. The second kappa shape index (κ2) is 9.21. The van der Waals surface area contributed by atoms with Crippen molar-refractivity contribution in [1.82, 2.24) is 0 Å². The molecule has 0 saturated heterocycles. The molecular weight excluding hydrogens is 259 g/mol. The summed E-state index contributed by atoms with van der Waals surface area (Å²) < 4.78 is 30.4. The van der Waals surface area contributed by atoms with Crippen LogP contribution in [0.2, 0.25) is 0 Å². The van der Waals surface area contributed by atoms with Gasteiger partial charge in [0, 0.05) is 28.3 Å². The minimum atomic E-state index is -4.04. The summed E-state index contributed by atoms with van der Waals surface area (Å²) in [6.45, 7) is 0. The first-order chi connectivity index (χ1) is 5.45. The molecule has 0 aromatic carbocycles. The van der Waals surface area contributed by atoms with Crippen molar-refractivity contribution < 1.29 is 42.5 Å². The maximum atomic E-state index is 10.1. The van der Waals surface area contributed by atoms with Gasteiger partial charge in [0.05, 0.1) is 10.1 Å². The second-order valence-electron chi connectivity index (χ2n) is 2.17. The van der Waals surface area contributed by atoms with E-state index in [0.717, 1.165) is 5.75 Å². The van der Waals surface area contributed by atoms with Crippen LogP contribution >= 0.6 is 37.0 Å². The van der Waals surface area contributed by atoms with E-state index in [1.807, 2.05) is 0 Å². The van der Waals surface area contributed by atoms with Crippen LogP contribution in [0.5, 0.6) is 0 Å². The van der Waals surface area contributed by atoms with Crippen molar-refractivity contribution in [2.75, 3.05) is 23.0 Å². The van der Waals surface area contributed by atoms with Crippen molar-refractivity contribution in [1.29, 1.82) is 0 Å². The molecule has 0 spiro atoms. The zero-order valence-corrected chi connectivity index (χ0v) is 12.8. The SMILES string of the molecule is O=S(=O)([O-])CCSCC(S)CS.[Na+]. The largest absolute Gasteiger partial charge is 1.00 e. The number of rotatable bonds is 6. The molecule has 13 heavy (non-hydrogen) atoms.